The van der Waals surface area contributed by atoms with E-state index in [0.29, 0.717) is 6.42 Å². The Kier molecular flexibility index (Phi) is 24.1. The van der Waals surface area contributed by atoms with Crippen molar-refractivity contribution >= 4 is 7.82 Å². The van der Waals surface area contributed by atoms with Crippen molar-refractivity contribution in [2.24, 2.45) is 29.4 Å². The van der Waals surface area contributed by atoms with E-state index in [9.17, 15) is 4.57 Å². The van der Waals surface area contributed by atoms with Gasteiger partial charge in [0.05, 0.1) is 6.10 Å². The molecule has 0 aliphatic heterocycles. The van der Waals surface area contributed by atoms with E-state index in [-0.39, 0.29) is 6.54 Å². The predicted molar refractivity (Wildman–Crippen MR) is 144 cm³/mol. The van der Waals surface area contributed by atoms with Gasteiger partial charge in [0.25, 0.3) is 0 Å². The van der Waals surface area contributed by atoms with Crippen LogP contribution in [0.5, 0.6) is 0 Å². The average Bonchev–Trinajstić information content (AvgIpc) is 2.72. The topological polar surface area (TPSA) is 92.8 Å². The van der Waals surface area contributed by atoms with Gasteiger partial charge in [-0.15, -0.1) is 0 Å². The lowest BCUT2D eigenvalue weighted by atomic mass is 9.91. The van der Waals surface area contributed by atoms with Crippen LogP contribution in [0.25, 0.3) is 0 Å². The Bertz CT molecular complexity index is 455. The Labute approximate surface area is 207 Å². The van der Waals surface area contributed by atoms with Gasteiger partial charge in [-0.05, 0) is 30.1 Å². The van der Waals surface area contributed by atoms with Crippen LogP contribution >= 0.6 is 7.82 Å². The summed E-state index contributed by atoms with van der Waals surface area (Å²) >= 11 is 0. The maximum atomic E-state index is 10.4. The molecule has 5 nitrogen and oxygen atoms in total. The molecule has 0 rings (SSSR count). The summed E-state index contributed by atoms with van der Waals surface area (Å²) in [6.07, 6.45) is 17.4. The number of hydrogen-bond donors (Lipinski definition) is 3. The van der Waals surface area contributed by atoms with Crippen LogP contribution in [0, 0.1) is 23.7 Å². The van der Waals surface area contributed by atoms with Crippen LogP contribution in [0.15, 0.2) is 0 Å². The van der Waals surface area contributed by atoms with Crippen molar-refractivity contribution in [3.8, 4) is 0 Å². The van der Waals surface area contributed by atoms with Gasteiger partial charge in [0.2, 0.25) is 0 Å². The van der Waals surface area contributed by atoms with Crippen molar-refractivity contribution < 1.29 is 18.9 Å². The molecule has 0 bridgehead atoms. The fourth-order valence-corrected chi connectivity index (χ4v) is 4.61. The van der Waals surface area contributed by atoms with E-state index >= 15 is 0 Å². The molecule has 0 aliphatic carbocycles. The Morgan fingerprint density at radius 2 is 1.15 bits per heavy atom. The van der Waals surface area contributed by atoms with E-state index in [0.717, 1.165) is 42.9 Å². The Morgan fingerprint density at radius 3 is 1.52 bits per heavy atom. The molecule has 0 spiro atoms. The molecule has 0 fully saturated rings. The summed E-state index contributed by atoms with van der Waals surface area (Å²) < 4.78 is 14.9. The molecule has 0 aromatic heterocycles. The standard InChI is InChI=1S/C20H42.C7H18NO4P/c1-7-18(4)12-9-14-20(6)16-10-15-19(5)13-8-11-17(2)3;1-2-3-4-5-7(6-8)12-13(9,10)11/h17-20H,7-16H2,1-6H3;7H,2-6,8H2,1H3,(H2,9,10,11). The fraction of sp³-hybridized carbons (Fsp3) is 1.00. The summed E-state index contributed by atoms with van der Waals surface area (Å²) in [7, 11) is -4.37. The Balaban J connectivity index is 0. The lowest BCUT2D eigenvalue weighted by Gasteiger charge is -2.15. The Morgan fingerprint density at radius 1 is 0.697 bits per heavy atom. The second-order valence-corrected chi connectivity index (χ2v) is 12.1. The zero-order chi connectivity index (χ0) is 25.7. The van der Waals surface area contributed by atoms with Gasteiger partial charge in [0.1, 0.15) is 0 Å². The van der Waals surface area contributed by atoms with Crippen molar-refractivity contribution in [2.45, 2.75) is 144 Å². The molecule has 0 aromatic rings. The molecule has 0 heterocycles. The molecule has 0 amide bonds. The van der Waals surface area contributed by atoms with Gasteiger partial charge in [-0.3, -0.25) is 4.52 Å². The van der Waals surface area contributed by atoms with E-state index in [2.05, 4.69) is 53.0 Å². The first-order valence-electron chi connectivity index (χ1n) is 13.9. The van der Waals surface area contributed by atoms with Crippen molar-refractivity contribution in [1.29, 1.82) is 0 Å². The average molecular weight is 494 g/mol. The summed E-state index contributed by atoms with van der Waals surface area (Å²) in [6.45, 7) is 16.5. The van der Waals surface area contributed by atoms with E-state index in [1.807, 2.05) is 0 Å². The highest BCUT2D eigenvalue weighted by molar-refractivity contribution is 7.46. The second-order valence-electron chi connectivity index (χ2n) is 10.9. The third-order valence-corrected chi connectivity index (χ3v) is 7.21. The predicted octanol–water partition coefficient (Wildman–Crippen LogP) is 8.47. The molecular weight excluding hydrogens is 433 g/mol. The lowest BCUT2D eigenvalue weighted by molar-refractivity contribution is 0.129. The van der Waals surface area contributed by atoms with Gasteiger partial charge in [-0.2, -0.15) is 0 Å². The molecule has 6 heteroatoms. The lowest BCUT2D eigenvalue weighted by Crippen LogP contribution is -2.22. The molecule has 0 saturated heterocycles. The molecule has 4 N–H and O–H groups in total. The van der Waals surface area contributed by atoms with Crippen LogP contribution in [0.3, 0.4) is 0 Å². The van der Waals surface area contributed by atoms with Crippen molar-refractivity contribution in [3.05, 3.63) is 0 Å². The van der Waals surface area contributed by atoms with Crippen molar-refractivity contribution in [2.75, 3.05) is 6.54 Å². The highest BCUT2D eigenvalue weighted by atomic mass is 31.2. The minimum Gasteiger partial charge on any atom is -0.328 e. The normalized spacial score (nSPS) is 15.6. The SMILES string of the molecule is CCC(C)CCCC(C)CCCC(C)CCCC(C)C.CCCCCC(CN)OP(=O)(O)O. The number of phosphoric ester groups is 1. The minimum atomic E-state index is -4.37. The smallest absolute Gasteiger partial charge is 0.328 e. The minimum absolute atomic E-state index is 0.148. The van der Waals surface area contributed by atoms with E-state index in [4.69, 9.17) is 15.5 Å². The maximum absolute atomic E-state index is 10.4. The van der Waals surface area contributed by atoms with Crippen LogP contribution in [0.4, 0.5) is 0 Å². The van der Waals surface area contributed by atoms with Crippen LogP contribution in [0.2, 0.25) is 0 Å². The first kappa shape index (κ1) is 35.2. The molecule has 0 radical (unpaired) electrons. The fourth-order valence-electron chi connectivity index (χ4n) is 4.03. The van der Waals surface area contributed by atoms with E-state index in [1.165, 1.54) is 64.2 Å². The number of unbranched alkanes of at least 4 members (excludes halogenated alkanes) is 2. The summed E-state index contributed by atoms with van der Waals surface area (Å²) in [4.78, 5) is 17.0. The van der Waals surface area contributed by atoms with Gasteiger partial charge in [0, 0.05) is 6.54 Å². The van der Waals surface area contributed by atoms with Crippen LogP contribution in [-0.4, -0.2) is 22.4 Å². The summed E-state index contributed by atoms with van der Waals surface area (Å²) in [5.74, 6) is 3.71. The summed E-state index contributed by atoms with van der Waals surface area (Å²) in [5.41, 5.74) is 5.29. The molecule has 4 unspecified atom stereocenters. The van der Waals surface area contributed by atoms with Crippen LogP contribution < -0.4 is 5.73 Å². The molecule has 202 valence electrons. The van der Waals surface area contributed by atoms with Crippen molar-refractivity contribution in [1.82, 2.24) is 0 Å². The van der Waals surface area contributed by atoms with Gasteiger partial charge >= 0.3 is 7.82 Å². The zero-order valence-electron chi connectivity index (χ0n) is 23.2. The highest BCUT2D eigenvalue weighted by Gasteiger charge is 2.20. The largest absolute Gasteiger partial charge is 0.469 e. The first-order chi connectivity index (χ1) is 15.4. The molecule has 0 aliphatic rings. The third kappa shape index (κ3) is 28.2. The summed E-state index contributed by atoms with van der Waals surface area (Å²) in [6, 6.07) is 0. The highest BCUT2D eigenvalue weighted by Crippen LogP contribution is 2.38. The van der Waals surface area contributed by atoms with E-state index < -0.39 is 13.9 Å². The zero-order valence-corrected chi connectivity index (χ0v) is 24.1. The van der Waals surface area contributed by atoms with Gasteiger partial charge in [-0.1, -0.05) is 132 Å². The molecular formula is C27H60NO4P. The van der Waals surface area contributed by atoms with Crippen LogP contribution in [-0.2, 0) is 9.09 Å². The van der Waals surface area contributed by atoms with Crippen LogP contribution in [0.1, 0.15) is 138 Å². The van der Waals surface area contributed by atoms with Gasteiger partial charge in [-0.25, -0.2) is 4.57 Å². The molecule has 0 aromatic carbocycles. The Hall–Kier alpha value is 0.0700. The van der Waals surface area contributed by atoms with Gasteiger partial charge in [0.15, 0.2) is 0 Å². The monoisotopic (exact) mass is 493 g/mol. The van der Waals surface area contributed by atoms with Crippen molar-refractivity contribution in [3.63, 3.8) is 0 Å². The van der Waals surface area contributed by atoms with Gasteiger partial charge < -0.3 is 15.5 Å². The molecule has 0 saturated carbocycles. The number of hydrogen-bond acceptors (Lipinski definition) is 3. The number of phosphoric acid groups is 1. The molecule has 33 heavy (non-hydrogen) atoms. The maximum Gasteiger partial charge on any atom is 0.469 e. The van der Waals surface area contributed by atoms with E-state index in [1.54, 1.807) is 0 Å². The first-order valence-corrected chi connectivity index (χ1v) is 15.4. The third-order valence-electron chi connectivity index (χ3n) is 6.64. The number of rotatable bonds is 20. The second kappa shape index (κ2) is 22.5. The molecule has 4 atom stereocenters. The quantitative estimate of drug-likeness (QED) is 0.117. The number of nitrogens with two attached hydrogens (primary N) is 1. The summed E-state index contributed by atoms with van der Waals surface area (Å²) in [5, 5.41) is 0.